The molecule has 0 radical (unpaired) electrons. The van der Waals surface area contributed by atoms with Gasteiger partial charge in [-0.15, -0.1) is 0 Å². The highest BCUT2D eigenvalue weighted by molar-refractivity contribution is 7.08. The van der Waals surface area contributed by atoms with Crippen LogP contribution in [0.15, 0.2) is 45.6 Å². The molecule has 7 heteroatoms. The molecule has 24 heavy (non-hydrogen) atoms. The number of anilines is 1. The van der Waals surface area contributed by atoms with E-state index in [0.29, 0.717) is 16.8 Å². The summed E-state index contributed by atoms with van der Waals surface area (Å²) in [5, 5.41) is 10.1. The minimum Gasteiger partial charge on any atom is -0.365 e. The third kappa shape index (κ3) is 3.07. The maximum Gasteiger partial charge on any atom is 0.258 e. The molecule has 0 spiro atoms. The van der Waals surface area contributed by atoms with Crippen LogP contribution in [0.1, 0.15) is 33.2 Å². The van der Waals surface area contributed by atoms with Gasteiger partial charge in [0.15, 0.2) is 0 Å². The lowest BCUT2D eigenvalue weighted by molar-refractivity contribution is 0.100. The van der Waals surface area contributed by atoms with E-state index in [4.69, 9.17) is 10.3 Å². The Bertz CT molecular complexity index is 867. The molecule has 0 bridgehead atoms. The highest BCUT2D eigenvalue weighted by atomic mass is 32.1. The molecule has 0 aliphatic rings. The van der Waals surface area contributed by atoms with Gasteiger partial charge < -0.3 is 10.3 Å². The monoisotopic (exact) mass is 341 g/mol. The van der Waals surface area contributed by atoms with E-state index in [1.807, 2.05) is 29.8 Å². The number of nitrogens with zero attached hydrogens (tertiary/aromatic N) is 1. The van der Waals surface area contributed by atoms with Gasteiger partial charge >= 0.3 is 0 Å². The molecule has 0 aliphatic carbocycles. The van der Waals surface area contributed by atoms with E-state index in [1.54, 1.807) is 18.2 Å². The minimum absolute atomic E-state index is 0.0479. The van der Waals surface area contributed by atoms with Crippen molar-refractivity contribution in [2.75, 3.05) is 5.32 Å². The number of rotatable bonds is 5. The van der Waals surface area contributed by atoms with E-state index < -0.39 is 11.8 Å². The smallest absolute Gasteiger partial charge is 0.258 e. The zero-order chi connectivity index (χ0) is 17.1. The molecule has 3 N–H and O–H groups in total. The van der Waals surface area contributed by atoms with Crippen LogP contribution in [0, 0.1) is 0 Å². The Morgan fingerprint density at radius 3 is 2.58 bits per heavy atom. The van der Waals surface area contributed by atoms with E-state index in [9.17, 15) is 9.59 Å². The first-order valence-corrected chi connectivity index (χ1v) is 8.26. The minimum atomic E-state index is -0.714. The maximum absolute atomic E-state index is 12.3. The Labute approximate surface area is 142 Å². The van der Waals surface area contributed by atoms with Crippen LogP contribution in [0.4, 0.5) is 5.88 Å². The molecule has 122 valence electrons. The van der Waals surface area contributed by atoms with Crippen LogP contribution < -0.4 is 11.1 Å². The lowest BCUT2D eigenvalue weighted by Crippen LogP contribution is -2.17. The highest BCUT2D eigenvalue weighted by Crippen LogP contribution is 2.30. The maximum atomic E-state index is 12.3. The molecule has 3 rings (SSSR count). The van der Waals surface area contributed by atoms with Gasteiger partial charge in [0.2, 0.25) is 5.88 Å². The number of benzene rings is 1. The predicted octanol–water partition coefficient (Wildman–Crippen LogP) is 3.32. The number of hydrogen-bond donors (Lipinski definition) is 2. The normalized spacial score (nSPS) is 10.5. The summed E-state index contributed by atoms with van der Waals surface area (Å²) < 4.78 is 5.14. The van der Waals surface area contributed by atoms with Gasteiger partial charge in [-0.25, -0.2) is 0 Å². The second-order valence-corrected chi connectivity index (χ2v) is 5.90. The first kappa shape index (κ1) is 15.9. The fraction of sp³-hybridized carbons (Fsp3) is 0.118. The molecule has 0 saturated heterocycles. The number of aryl methyl sites for hydroxylation is 1. The molecule has 0 unspecified atom stereocenters. The molecule has 0 atom stereocenters. The second-order valence-electron chi connectivity index (χ2n) is 5.12. The predicted molar refractivity (Wildman–Crippen MR) is 92.1 cm³/mol. The Morgan fingerprint density at radius 1 is 1.25 bits per heavy atom. The van der Waals surface area contributed by atoms with Crippen molar-refractivity contribution < 1.29 is 14.1 Å². The first-order valence-electron chi connectivity index (χ1n) is 7.32. The van der Waals surface area contributed by atoms with Crippen molar-refractivity contribution in [1.82, 2.24) is 5.16 Å². The van der Waals surface area contributed by atoms with Gasteiger partial charge in [0.05, 0.1) is 0 Å². The van der Waals surface area contributed by atoms with Crippen LogP contribution in [0.5, 0.6) is 0 Å². The number of carbonyl (C=O) groups excluding carboxylic acids is 2. The van der Waals surface area contributed by atoms with Crippen molar-refractivity contribution in [2.45, 2.75) is 13.3 Å². The van der Waals surface area contributed by atoms with Gasteiger partial charge in [0, 0.05) is 16.5 Å². The Kier molecular flexibility index (Phi) is 4.43. The van der Waals surface area contributed by atoms with Gasteiger partial charge in [0.1, 0.15) is 11.3 Å². The zero-order valence-electron chi connectivity index (χ0n) is 12.9. The quantitative estimate of drug-likeness (QED) is 0.744. The summed E-state index contributed by atoms with van der Waals surface area (Å²) in [7, 11) is 0. The van der Waals surface area contributed by atoms with E-state index in [0.717, 1.165) is 12.0 Å². The summed E-state index contributed by atoms with van der Waals surface area (Å²) in [4.78, 5) is 24.1. The zero-order valence-corrected chi connectivity index (χ0v) is 13.7. The fourth-order valence-corrected chi connectivity index (χ4v) is 2.91. The van der Waals surface area contributed by atoms with Gasteiger partial charge in [-0.1, -0.05) is 24.2 Å². The average molecular weight is 341 g/mol. The van der Waals surface area contributed by atoms with Crippen LogP contribution in [0.25, 0.3) is 11.3 Å². The molecule has 6 nitrogen and oxygen atoms in total. The number of hydrogen-bond acceptors (Lipinski definition) is 5. The molecule has 2 heterocycles. The molecule has 2 aromatic heterocycles. The number of aromatic nitrogens is 1. The summed E-state index contributed by atoms with van der Waals surface area (Å²) in [5.74, 6) is -1.16. The van der Waals surface area contributed by atoms with E-state index in [1.165, 1.54) is 11.3 Å². The van der Waals surface area contributed by atoms with Crippen molar-refractivity contribution in [2.24, 2.45) is 5.73 Å². The topological polar surface area (TPSA) is 98.2 Å². The Hall–Kier alpha value is -2.93. The van der Waals surface area contributed by atoms with Crippen molar-refractivity contribution in [3.63, 3.8) is 0 Å². The molecule has 0 fully saturated rings. The molecular weight excluding hydrogens is 326 g/mol. The van der Waals surface area contributed by atoms with E-state index in [2.05, 4.69) is 10.5 Å². The third-order valence-electron chi connectivity index (χ3n) is 3.58. The van der Waals surface area contributed by atoms with Crippen molar-refractivity contribution in [3.05, 3.63) is 57.8 Å². The lowest BCUT2D eigenvalue weighted by atomic mass is 10.1. The molecule has 2 amide bonds. The number of nitrogens with two attached hydrogens (primary N) is 1. The fourth-order valence-electron chi connectivity index (χ4n) is 2.27. The SMILES string of the molecule is CCc1ccc(C(=O)Nc2onc(-c3ccsc3)c2C(N)=O)cc1. The van der Waals surface area contributed by atoms with E-state index >= 15 is 0 Å². The van der Waals surface area contributed by atoms with Gasteiger partial charge in [-0.2, -0.15) is 11.3 Å². The van der Waals surface area contributed by atoms with Crippen molar-refractivity contribution in [3.8, 4) is 11.3 Å². The summed E-state index contributed by atoms with van der Waals surface area (Å²) in [6.07, 6.45) is 0.889. The average Bonchev–Trinajstić information content (AvgIpc) is 3.23. The van der Waals surface area contributed by atoms with Crippen molar-refractivity contribution in [1.29, 1.82) is 0 Å². The van der Waals surface area contributed by atoms with Crippen LogP contribution in [-0.2, 0) is 6.42 Å². The number of amides is 2. The first-order chi connectivity index (χ1) is 11.6. The number of carbonyl (C=O) groups is 2. The third-order valence-corrected chi connectivity index (χ3v) is 4.27. The summed E-state index contributed by atoms with van der Waals surface area (Å²) in [5.41, 5.74) is 8.11. The van der Waals surface area contributed by atoms with Crippen LogP contribution in [0.3, 0.4) is 0 Å². The molecule has 3 aromatic rings. The summed E-state index contributed by atoms with van der Waals surface area (Å²) in [6.45, 7) is 2.04. The number of thiophene rings is 1. The van der Waals surface area contributed by atoms with Gasteiger partial charge in [-0.3, -0.25) is 14.9 Å². The van der Waals surface area contributed by atoms with Crippen molar-refractivity contribution >= 4 is 29.0 Å². The Morgan fingerprint density at radius 2 is 2.00 bits per heavy atom. The Balaban J connectivity index is 1.89. The number of primary amides is 1. The largest absolute Gasteiger partial charge is 0.365 e. The summed E-state index contributed by atoms with van der Waals surface area (Å²) in [6, 6.07) is 8.98. The standard InChI is InChI=1S/C17H15N3O3S/c1-2-10-3-5-11(6-4-10)16(22)19-17-13(15(18)21)14(20-23-17)12-7-8-24-9-12/h3-9H,2H2,1H3,(H2,18,21)(H,19,22). The van der Waals surface area contributed by atoms with Crippen LogP contribution in [0.2, 0.25) is 0 Å². The van der Waals surface area contributed by atoms with Gasteiger partial charge in [-0.05, 0) is 35.6 Å². The molecular formula is C17H15N3O3S. The molecule has 1 aromatic carbocycles. The second kappa shape index (κ2) is 6.67. The molecule has 0 aliphatic heterocycles. The number of nitrogens with one attached hydrogen (secondary N) is 1. The molecule has 0 saturated carbocycles. The van der Waals surface area contributed by atoms with Crippen LogP contribution >= 0.6 is 11.3 Å². The van der Waals surface area contributed by atoms with Gasteiger partial charge in [0.25, 0.3) is 11.8 Å². The lowest BCUT2D eigenvalue weighted by Gasteiger charge is -2.04. The highest BCUT2D eigenvalue weighted by Gasteiger charge is 2.24. The van der Waals surface area contributed by atoms with Crippen LogP contribution in [-0.4, -0.2) is 17.0 Å². The van der Waals surface area contributed by atoms with E-state index in [-0.39, 0.29) is 11.4 Å². The summed E-state index contributed by atoms with van der Waals surface area (Å²) >= 11 is 1.46.